The molecule has 0 saturated carbocycles. The Hall–Kier alpha value is -2.97. The van der Waals surface area contributed by atoms with Gasteiger partial charge in [-0.05, 0) is 31.2 Å². The summed E-state index contributed by atoms with van der Waals surface area (Å²) in [6.45, 7) is 1.82. The first-order valence-electron chi connectivity index (χ1n) is 7.99. The van der Waals surface area contributed by atoms with E-state index in [9.17, 15) is 19.3 Å². The van der Waals surface area contributed by atoms with Gasteiger partial charge in [0.2, 0.25) is 0 Å². The monoisotopic (exact) mass is 422 g/mol. The average molecular weight is 423 g/mol. The quantitative estimate of drug-likeness (QED) is 0.470. The van der Waals surface area contributed by atoms with Gasteiger partial charge >= 0.3 is 0 Å². The molecule has 0 aliphatic heterocycles. The average Bonchev–Trinajstić information content (AvgIpc) is 2.97. The molecule has 144 valence electrons. The van der Waals surface area contributed by atoms with Gasteiger partial charge in [-0.25, -0.2) is 4.39 Å². The van der Waals surface area contributed by atoms with Gasteiger partial charge in [0.05, 0.1) is 11.5 Å². The van der Waals surface area contributed by atoms with E-state index in [0.29, 0.717) is 5.69 Å². The number of nitrogens with zero attached hydrogens (tertiary/aromatic N) is 3. The van der Waals surface area contributed by atoms with E-state index in [1.54, 1.807) is 19.1 Å². The molecular formula is C18H13Cl2FN4O3. The maximum Gasteiger partial charge on any atom is 0.288 e. The molecule has 0 bridgehead atoms. The Morgan fingerprint density at radius 3 is 2.68 bits per heavy atom. The topological polar surface area (TPSA) is 90.1 Å². The number of benzene rings is 2. The number of amides is 1. The van der Waals surface area contributed by atoms with Crippen LogP contribution in [0.2, 0.25) is 10.0 Å². The van der Waals surface area contributed by atoms with Crippen LogP contribution in [0.15, 0.2) is 42.5 Å². The summed E-state index contributed by atoms with van der Waals surface area (Å²) in [6.07, 6.45) is 0. The van der Waals surface area contributed by atoms with Crippen molar-refractivity contribution in [2.24, 2.45) is 0 Å². The van der Waals surface area contributed by atoms with Crippen molar-refractivity contribution in [2.45, 2.75) is 13.5 Å². The van der Waals surface area contributed by atoms with Crippen molar-refractivity contribution in [3.8, 4) is 0 Å². The Morgan fingerprint density at radius 2 is 2.00 bits per heavy atom. The van der Waals surface area contributed by atoms with Gasteiger partial charge in [0.25, 0.3) is 11.6 Å². The first-order valence-corrected chi connectivity index (χ1v) is 8.74. The third-order valence-corrected chi connectivity index (χ3v) is 4.67. The molecule has 3 aromatic rings. The van der Waals surface area contributed by atoms with Crippen molar-refractivity contribution in [1.82, 2.24) is 9.78 Å². The van der Waals surface area contributed by atoms with Crippen molar-refractivity contribution in [2.75, 3.05) is 5.32 Å². The Labute approximate surface area is 168 Å². The van der Waals surface area contributed by atoms with Gasteiger partial charge in [-0.1, -0.05) is 29.3 Å². The van der Waals surface area contributed by atoms with Crippen LogP contribution in [-0.2, 0) is 6.54 Å². The minimum atomic E-state index is -0.671. The lowest BCUT2D eigenvalue weighted by Crippen LogP contribution is -2.13. The van der Waals surface area contributed by atoms with Gasteiger partial charge in [0.1, 0.15) is 10.8 Å². The van der Waals surface area contributed by atoms with Crippen LogP contribution < -0.4 is 5.32 Å². The Bertz CT molecular complexity index is 1060. The van der Waals surface area contributed by atoms with Crippen LogP contribution >= 0.6 is 23.2 Å². The zero-order chi connectivity index (χ0) is 20.4. The van der Waals surface area contributed by atoms with Gasteiger partial charge in [-0.15, -0.1) is 0 Å². The van der Waals surface area contributed by atoms with Gasteiger partial charge in [0, 0.05) is 34.0 Å². The molecule has 1 heterocycles. The van der Waals surface area contributed by atoms with Crippen LogP contribution in [0.3, 0.4) is 0 Å². The third-order valence-electron chi connectivity index (χ3n) is 4.00. The first kappa shape index (κ1) is 19.8. The standard InChI is InChI=1S/C18H13Cl2FN4O3/c1-10-7-17(23-24(10)9-12-13(19)3-2-4-15(12)21)22-18(26)11-5-6-14(20)16(8-11)25(27)28/h2-8H,9H2,1H3,(H,22,23,26). The second-order valence-corrected chi connectivity index (χ2v) is 6.72. The van der Waals surface area contributed by atoms with Crippen LogP contribution in [0.4, 0.5) is 15.9 Å². The lowest BCUT2D eigenvalue weighted by molar-refractivity contribution is -0.384. The van der Waals surface area contributed by atoms with Gasteiger partial charge < -0.3 is 5.32 Å². The molecule has 2 aromatic carbocycles. The smallest absolute Gasteiger partial charge is 0.288 e. The molecule has 1 amide bonds. The van der Waals surface area contributed by atoms with Crippen molar-refractivity contribution < 1.29 is 14.1 Å². The molecule has 0 saturated heterocycles. The van der Waals surface area contributed by atoms with E-state index >= 15 is 0 Å². The summed E-state index contributed by atoms with van der Waals surface area (Å²) in [5.74, 6) is -0.831. The first-order chi connectivity index (χ1) is 13.3. The largest absolute Gasteiger partial charge is 0.305 e. The molecule has 0 unspecified atom stereocenters. The summed E-state index contributed by atoms with van der Waals surface area (Å²) < 4.78 is 15.5. The number of carbonyl (C=O) groups is 1. The second-order valence-electron chi connectivity index (χ2n) is 5.91. The summed E-state index contributed by atoms with van der Waals surface area (Å²) >= 11 is 11.8. The van der Waals surface area contributed by atoms with Gasteiger partial charge in [-0.2, -0.15) is 5.10 Å². The van der Waals surface area contributed by atoms with E-state index in [1.807, 2.05) is 0 Å². The number of rotatable bonds is 5. The normalized spacial score (nSPS) is 10.7. The van der Waals surface area contributed by atoms with E-state index in [2.05, 4.69) is 10.4 Å². The molecule has 0 radical (unpaired) electrons. The van der Waals surface area contributed by atoms with Crippen LogP contribution in [0.5, 0.6) is 0 Å². The molecule has 3 rings (SSSR count). The number of anilines is 1. The number of nitro groups is 1. The fourth-order valence-corrected chi connectivity index (χ4v) is 2.96. The molecule has 0 fully saturated rings. The summed E-state index contributed by atoms with van der Waals surface area (Å²) in [4.78, 5) is 22.7. The molecule has 7 nitrogen and oxygen atoms in total. The highest BCUT2D eigenvalue weighted by atomic mass is 35.5. The maximum absolute atomic E-state index is 14.0. The van der Waals surface area contributed by atoms with Gasteiger partial charge in [0.15, 0.2) is 5.82 Å². The number of nitrogens with one attached hydrogen (secondary N) is 1. The van der Waals surface area contributed by atoms with Crippen LogP contribution in [0.1, 0.15) is 21.6 Å². The fourth-order valence-electron chi connectivity index (χ4n) is 2.55. The van der Waals surface area contributed by atoms with E-state index in [1.165, 1.54) is 28.9 Å². The predicted octanol–water partition coefficient (Wildman–Crippen LogP) is 4.85. The predicted molar refractivity (Wildman–Crippen MR) is 104 cm³/mol. The van der Waals surface area contributed by atoms with Crippen LogP contribution in [0.25, 0.3) is 0 Å². The zero-order valence-corrected chi connectivity index (χ0v) is 16.0. The van der Waals surface area contributed by atoms with E-state index in [-0.39, 0.29) is 39.2 Å². The summed E-state index contributed by atoms with van der Waals surface area (Å²) in [5, 5.41) is 18.0. The van der Waals surface area contributed by atoms with Crippen LogP contribution in [0, 0.1) is 22.9 Å². The highest BCUT2D eigenvalue weighted by Crippen LogP contribution is 2.26. The molecule has 1 N–H and O–H groups in total. The molecule has 0 atom stereocenters. The van der Waals surface area contributed by atoms with Crippen molar-refractivity contribution in [3.05, 3.63) is 85.3 Å². The van der Waals surface area contributed by atoms with Gasteiger partial charge in [-0.3, -0.25) is 19.6 Å². The molecule has 0 aliphatic carbocycles. The molecule has 10 heteroatoms. The Morgan fingerprint density at radius 1 is 1.25 bits per heavy atom. The lowest BCUT2D eigenvalue weighted by Gasteiger charge is -2.08. The number of hydrogen-bond donors (Lipinski definition) is 1. The number of halogens is 3. The fraction of sp³-hybridized carbons (Fsp3) is 0.111. The minimum absolute atomic E-state index is 0.0560. The van der Waals surface area contributed by atoms with E-state index in [0.717, 1.165) is 6.07 Å². The molecular weight excluding hydrogens is 410 g/mol. The summed E-state index contributed by atoms with van der Waals surface area (Å²) in [6, 6.07) is 9.71. The molecule has 0 aliphatic rings. The maximum atomic E-state index is 14.0. The highest BCUT2D eigenvalue weighted by Gasteiger charge is 2.18. The SMILES string of the molecule is Cc1cc(NC(=O)c2ccc(Cl)c([N+](=O)[O-])c2)nn1Cc1c(F)cccc1Cl. The Balaban J connectivity index is 1.81. The van der Waals surface area contributed by atoms with Crippen LogP contribution in [-0.4, -0.2) is 20.6 Å². The summed E-state index contributed by atoms with van der Waals surface area (Å²) in [5.41, 5.74) is 0.629. The van der Waals surface area contributed by atoms with Crippen molar-refractivity contribution in [1.29, 1.82) is 0 Å². The zero-order valence-electron chi connectivity index (χ0n) is 14.4. The van der Waals surface area contributed by atoms with Crippen molar-refractivity contribution in [3.63, 3.8) is 0 Å². The number of nitro benzene ring substituents is 1. The lowest BCUT2D eigenvalue weighted by atomic mass is 10.2. The minimum Gasteiger partial charge on any atom is -0.305 e. The molecule has 0 spiro atoms. The number of aromatic nitrogens is 2. The third kappa shape index (κ3) is 4.13. The summed E-state index contributed by atoms with van der Waals surface area (Å²) in [7, 11) is 0. The highest BCUT2D eigenvalue weighted by molar-refractivity contribution is 6.32. The van der Waals surface area contributed by atoms with Crippen molar-refractivity contribution >= 4 is 40.6 Å². The number of hydrogen-bond acceptors (Lipinski definition) is 4. The molecule has 28 heavy (non-hydrogen) atoms. The molecule has 1 aromatic heterocycles. The number of carbonyl (C=O) groups excluding carboxylic acids is 1. The van der Waals surface area contributed by atoms with E-state index < -0.39 is 16.6 Å². The second kappa shape index (κ2) is 7.95. The number of aryl methyl sites for hydroxylation is 1. The Kier molecular flexibility index (Phi) is 5.62. The van der Waals surface area contributed by atoms with E-state index in [4.69, 9.17) is 23.2 Å².